The largest absolute Gasteiger partial charge is 0.417 e. The van der Waals surface area contributed by atoms with Gasteiger partial charge >= 0.3 is 6.18 Å². The van der Waals surface area contributed by atoms with Crippen LogP contribution in [0.3, 0.4) is 0 Å². The van der Waals surface area contributed by atoms with Crippen LogP contribution in [0.15, 0.2) is 18.3 Å². The van der Waals surface area contributed by atoms with Crippen LogP contribution in [-0.4, -0.2) is 18.0 Å². The highest BCUT2D eigenvalue weighted by molar-refractivity contribution is 6.91. The minimum atomic E-state index is -4.34. The van der Waals surface area contributed by atoms with Gasteiger partial charge in [-0.15, -0.1) is 0 Å². The van der Waals surface area contributed by atoms with E-state index in [1.54, 1.807) is 0 Å². The third-order valence-electron chi connectivity index (χ3n) is 4.40. The molecule has 110 valence electrons. The molecular formula is C14H19F3N2Si. The number of hydrogen-bond donors (Lipinski definition) is 1. The molecule has 0 aliphatic heterocycles. The summed E-state index contributed by atoms with van der Waals surface area (Å²) in [6.07, 6.45) is -3.44. The molecule has 0 aliphatic carbocycles. The van der Waals surface area contributed by atoms with Crippen LogP contribution in [-0.2, 0) is 6.18 Å². The molecule has 2 aromatic rings. The Hall–Kier alpha value is -1.30. The fraction of sp³-hybridized carbons (Fsp3) is 0.500. The first-order valence-electron chi connectivity index (χ1n) is 6.92. The average Bonchev–Trinajstić information content (AvgIpc) is 2.83. The Morgan fingerprint density at radius 3 is 2.20 bits per heavy atom. The highest BCUT2D eigenvalue weighted by atomic mass is 28.3. The average molecular weight is 300 g/mol. The number of fused-ring (bicyclic) bond motifs is 1. The zero-order chi connectivity index (χ0) is 15.0. The molecule has 2 rings (SSSR count). The van der Waals surface area contributed by atoms with Crippen LogP contribution in [0.1, 0.15) is 26.3 Å². The smallest absolute Gasteiger partial charge is 0.347 e. The van der Waals surface area contributed by atoms with Crippen molar-refractivity contribution in [3.8, 4) is 0 Å². The van der Waals surface area contributed by atoms with Crippen LogP contribution in [0.25, 0.3) is 11.0 Å². The summed E-state index contributed by atoms with van der Waals surface area (Å²) >= 11 is 0. The Labute approximate surface area is 117 Å². The van der Waals surface area contributed by atoms with Crippen LogP contribution in [0, 0.1) is 0 Å². The van der Waals surface area contributed by atoms with Gasteiger partial charge in [0.1, 0.15) is 13.7 Å². The van der Waals surface area contributed by atoms with Crippen LogP contribution >= 0.6 is 0 Å². The van der Waals surface area contributed by atoms with E-state index in [1.807, 2.05) is 6.07 Å². The van der Waals surface area contributed by atoms with Crippen molar-refractivity contribution in [1.82, 2.24) is 9.97 Å². The molecule has 0 saturated carbocycles. The van der Waals surface area contributed by atoms with E-state index in [0.717, 1.165) is 29.6 Å². The molecule has 2 aromatic heterocycles. The van der Waals surface area contributed by atoms with Gasteiger partial charge in [0, 0.05) is 16.9 Å². The van der Waals surface area contributed by atoms with Gasteiger partial charge in [-0.25, -0.2) is 4.98 Å². The Morgan fingerprint density at radius 2 is 1.70 bits per heavy atom. The molecule has 20 heavy (non-hydrogen) atoms. The molecule has 0 aromatic carbocycles. The van der Waals surface area contributed by atoms with E-state index >= 15 is 0 Å². The number of halogens is 3. The Balaban J connectivity index is 2.54. The molecule has 0 radical (unpaired) electrons. The number of nitrogens with one attached hydrogen (secondary N) is 1. The van der Waals surface area contributed by atoms with Crippen molar-refractivity contribution in [2.75, 3.05) is 0 Å². The lowest BCUT2D eigenvalue weighted by molar-refractivity contribution is -0.137. The van der Waals surface area contributed by atoms with E-state index in [0.29, 0.717) is 11.0 Å². The van der Waals surface area contributed by atoms with Crippen molar-refractivity contribution < 1.29 is 13.2 Å². The number of pyridine rings is 1. The third-order valence-corrected chi connectivity index (χ3v) is 9.87. The fourth-order valence-electron chi connectivity index (χ4n) is 2.78. The molecular weight excluding hydrogens is 281 g/mol. The summed E-state index contributed by atoms with van der Waals surface area (Å²) in [6.45, 7) is 6.50. The Bertz CT molecular complexity index is 592. The molecule has 0 amide bonds. The number of aromatic amines is 1. The van der Waals surface area contributed by atoms with E-state index < -0.39 is 19.8 Å². The number of alkyl halides is 3. The molecule has 2 nitrogen and oxygen atoms in total. The van der Waals surface area contributed by atoms with E-state index in [-0.39, 0.29) is 0 Å². The number of hydrogen-bond acceptors (Lipinski definition) is 1. The number of H-pyrrole nitrogens is 1. The topological polar surface area (TPSA) is 28.7 Å². The van der Waals surface area contributed by atoms with Crippen LogP contribution in [0.5, 0.6) is 0 Å². The fourth-order valence-corrected chi connectivity index (χ4v) is 6.27. The van der Waals surface area contributed by atoms with Gasteiger partial charge in [-0.2, -0.15) is 13.2 Å². The second-order valence-corrected chi connectivity index (χ2v) is 10.4. The zero-order valence-electron chi connectivity index (χ0n) is 11.9. The second-order valence-electron chi connectivity index (χ2n) is 5.18. The van der Waals surface area contributed by atoms with Crippen molar-refractivity contribution in [3.63, 3.8) is 0 Å². The van der Waals surface area contributed by atoms with E-state index in [1.165, 1.54) is 6.07 Å². The summed E-state index contributed by atoms with van der Waals surface area (Å²) in [5, 5.41) is 1.67. The summed E-state index contributed by atoms with van der Waals surface area (Å²) < 4.78 is 38.1. The van der Waals surface area contributed by atoms with Gasteiger partial charge in [0.2, 0.25) is 0 Å². The van der Waals surface area contributed by atoms with Crippen molar-refractivity contribution in [2.45, 2.75) is 45.1 Å². The Morgan fingerprint density at radius 1 is 1.10 bits per heavy atom. The molecule has 0 saturated heterocycles. The Kier molecular flexibility index (Phi) is 3.95. The predicted molar refractivity (Wildman–Crippen MR) is 77.9 cm³/mol. The number of rotatable bonds is 4. The summed E-state index contributed by atoms with van der Waals surface area (Å²) in [6, 6.07) is 6.31. The number of nitrogens with zero attached hydrogens (tertiary/aromatic N) is 1. The third kappa shape index (κ3) is 2.48. The normalized spacial score (nSPS) is 13.1. The monoisotopic (exact) mass is 300 g/mol. The highest BCUT2D eigenvalue weighted by Gasteiger charge is 2.33. The molecule has 0 aliphatic rings. The molecule has 0 spiro atoms. The molecule has 1 N–H and O–H groups in total. The summed E-state index contributed by atoms with van der Waals surface area (Å²) in [7, 11) is -1.62. The minimum absolute atomic E-state index is 0.556. The molecule has 6 heteroatoms. The molecule has 0 bridgehead atoms. The zero-order valence-corrected chi connectivity index (χ0v) is 12.9. The maximum Gasteiger partial charge on any atom is 0.417 e. The lowest BCUT2D eigenvalue weighted by Crippen LogP contribution is -2.46. The van der Waals surface area contributed by atoms with Gasteiger partial charge in [0.15, 0.2) is 0 Å². The first-order chi connectivity index (χ1) is 9.36. The van der Waals surface area contributed by atoms with Gasteiger partial charge in [0.05, 0.1) is 5.56 Å². The van der Waals surface area contributed by atoms with E-state index in [9.17, 15) is 13.2 Å². The molecule has 0 fully saturated rings. The predicted octanol–water partition coefficient (Wildman–Crippen LogP) is 4.30. The van der Waals surface area contributed by atoms with Gasteiger partial charge < -0.3 is 4.98 Å². The lowest BCUT2D eigenvalue weighted by Gasteiger charge is -2.26. The first kappa shape index (κ1) is 15.1. The molecule has 2 heterocycles. The maximum atomic E-state index is 12.7. The van der Waals surface area contributed by atoms with Gasteiger partial charge in [-0.1, -0.05) is 38.9 Å². The maximum absolute atomic E-state index is 12.7. The van der Waals surface area contributed by atoms with Crippen LogP contribution in [0.2, 0.25) is 18.1 Å². The quantitative estimate of drug-likeness (QED) is 0.838. The van der Waals surface area contributed by atoms with Crippen molar-refractivity contribution in [1.29, 1.82) is 0 Å². The van der Waals surface area contributed by atoms with Gasteiger partial charge in [-0.3, -0.25) is 0 Å². The van der Waals surface area contributed by atoms with E-state index in [4.69, 9.17) is 0 Å². The standard InChI is InChI=1S/C14H19F3N2Si/c1-4-20(5-2,6-3)12-8-10-7-11(14(15,16)17)9-18-13(10)19-12/h7-9H,4-6H2,1-3H3,(H,18,19). The van der Waals surface area contributed by atoms with Crippen LogP contribution in [0.4, 0.5) is 13.2 Å². The first-order valence-corrected chi connectivity index (χ1v) is 9.55. The summed E-state index contributed by atoms with van der Waals surface area (Å²) in [4.78, 5) is 7.18. The van der Waals surface area contributed by atoms with Crippen molar-refractivity contribution in [3.05, 3.63) is 23.9 Å². The number of aromatic nitrogens is 2. The summed E-state index contributed by atoms with van der Waals surface area (Å²) in [5.41, 5.74) is -0.132. The van der Waals surface area contributed by atoms with Crippen molar-refractivity contribution in [2.24, 2.45) is 0 Å². The van der Waals surface area contributed by atoms with E-state index in [2.05, 4.69) is 30.7 Å². The minimum Gasteiger partial charge on any atom is -0.347 e. The highest BCUT2D eigenvalue weighted by Crippen LogP contribution is 2.30. The van der Waals surface area contributed by atoms with Crippen molar-refractivity contribution >= 4 is 24.4 Å². The lowest BCUT2D eigenvalue weighted by atomic mass is 10.2. The second kappa shape index (κ2) is 5.24. The SMILES string of the molecule is CC[Si](CC)(CC)c1cc2cc(C(F)(F)F)cnc2[nH]1. The van der Waals surface area contributed by atoms with Crippen LogP contribution < -0.4 is 5.32 Å². The molecule has 0 unspecified atom stereocenters. The van der Waals surface area contributed by atoms with Gasteiger partial charge in [0.25, 0.3) is 0 Å². The summed E-state index contributed by atoms with van der Waals surface area (Å²) in [5.74, 6) is 0. The molecule has 0 atom stereocenters. The van der Waals surface area contributed by atoms with Gasteiger partial charge in [-0.05, 0) is 12.1 Å².